The molecule has 0 aromatic carbocycles. The van der Waals surface area contributed by atoms with Crippen molar-refractivity contribution in [2.75, 3.05) is 6.54 Å². The van der Waals surface area contributed by atoms with E-state index in [0.29, 0.717) is 17.4 Å². The number of hydrogen-bond donors (Lipinski definition) is 1. The van der Waals surface area contributed by atoms with Gasteiger partial charge in [0, 0.05) is 6.04 Å². The van der Waals surface area contributed by atoms with E-state index in [0.717, 1.165) is 25.8 Å². The number of hydrogen-bond acceptors (Lipinski definition) is 2. The summed E-state index contributed by atoms with van der Waals surface area (Å²) in [6.07, 6.45) is 5.40. The van der Waals surface area contributed by atoms with Gasteiger partial charge in [-0.05, 0) is 56.9 Å². The summed E-state index contributed by atoms with van der Waals surface area (Å²) in [6.45, 7) is 9.83. The Labute approximate surface area is 111 Å². The van der Waals surface area contributed by atoms with E-state index in [-0.39, 0.29) is 0 Å². The molecule has 3 nitrogen and oxygen atoms in total. The molecular formula is C15H27NO2. The van der Waals surface area contributed by atoms with Gasteiger partial charge >= 0.3 is 5.97 Å². The van der Waals surface area contributed by atoms with Crippen molar-refractivity contribution in [2.24, 2.45) is 11.3 Å². The largest absolute Gasteiger partial charge is 0.480 e. The van der Waals surface area contributed by atoms with Gasteiger partial charge in [0.05, 0.1) is 0 Å². The minimum atomic E-state index is -0.642. The van der Waals surface area contributed by atoms with Gasteiger partial charge < -0.3 is 5.11 Å². The quantitative estimate of drug-likeness (QED) is 0.822. The Morgan fingerprint density at radius 3 is 2.50 bits per heavy atom. The summed E-state index contributed by atoms with van der Waals surface area (Å²) in [4.78, 5) is 13.9. The third-order valence-electron chi connectivity index (χ3n) is 5.21. The van der Waals surface area contributed by atoms with Crippen molar-refractivity contribution in [1.82, 2.24) is 4.90 Å². The molecule has 2 fully saturated rings. The predicted octanol–water partition coefficient (Wildman–Crippen LogP) is 3.14. The Morgan fingerprint density at radius 2 is 1.94 bits per heavy atom. The van der Waals surface area contributed by atoms with Crippen molar-refractivity contribution in [3.05, 3.63) is 0 Å². The van der Waals surface area contributed by atoms with Crippen molar-refractivity contribution in [1.29, 1.82) is 0 Å². The van der Waals surface area contributed by atoms with Gasteiger partial charge in [-0.3, -0.25) is 9.69 Å². The summed E-state index contributed by atoms with van der Waals surface area (Å²) in [6, 6.07) is 0.460. The van der Waals surface area contributed by atoms with Gasteiger partial charge in [-0.15, -0.1) is 0 Å². The minimum Gasteiger partial charge on any atom is -0.480 e. The average Bonchev–Trinajstić information content (AvgIpc) is 2.61. The summed E-state index contributed by atoms with van der Waals surface area (Å²) >= 11 is 0. The second-order valence-electron chi connectivity index (χ2n) is 7.33. The average molecular weight is 253 g/mol. The van der Waals surface area contributed by atoms with E-state index in [2.05, 4.69) is 25.7 Å². The number of rotatable bonds is 2. The maximum atomic E-state index is 11.6. The lowest BCUT2D eigenvalue weighted by atomic mass is 9.69. The van der Waals surface area contributed by atoms with E-state index < -0.39 is 11.5 Å². The molecule has 1 saturated carbocycles. The van der Waals surface area contributed by atoms with Crippen LogP contribution >= 0.6 is 0 Å². The Balaban J connectivity index is 2.15. The van der Waals surface area contributed by atoms with E-state index in [4.69, 9.17) is 0 Å². The van der Waals surface area contributed by atoms with Crippen LogP contribution in [0.2, 0.25) is 0 Å². The number of likely N-dealkylation sites (tertiary alicyclic amines) is 1. The zero-order chi connectivity index (χ0) is 13.6. The van der Waals surface area contributed by atoms with Crippen LogP contribution in [0.25, 0.3) is 0 Å². The molecule has 1 aliphatic heterocycles. The van der Waals surface area contributed by atoms with Gasteiger partial charge in [-0.2, -0.15) is 0 Å². The van der Waals surface area contributed by atoms with Crippen molar-refractivity contribution in [2.45, 2.75) is 71.4 Å². The SMILES string of the molecule is CC1CC(C)(C)CCC1N1CCCC1(C)C(=O)O. The summed E-state index contributed by atoms with van der Waals surface area (Å²) in [5.74, 6) is -0.0393. The maximum absolute atomic E-state index is 11.6. The number of nitrogens with zero attached hydrogens (tertiary/aromatic N) is 1. The molecule has 2 aliphatic rings. The highest BCUT2D eigenvalue weighted by atomic mass is 16.4. The number of carbonyl (C=O) groups is 1. The molecule has 0 amide bonds. The topological polar surface area (TPSA) is 40.5 Å². The summed E-state index contributed by atoms with van der Waals surface area (Å²) in [5.41, 5.74) is -0.199. The van der Waals surface area contributed by atoms with Crippen LogP contribution < -0.4 is 0 Å². The van der Waals surface area contributed by atoms with Gasteiger partial charge in [-0.1, -0.05) is 20.8 Å². The molecule has 18 heavy (non-hydrogen) atoms. The van der Waals surface area contributed by atoms with Crippen LogP contribution in [0.15, 0.2) is 0 Å². The first-order valence-electron chi connectivity index (χ1n) is 7.26. The fraction of sp³-hybridized carbons (Fsp3) is 0.933. The Bertz CT molecular complexity index is 339. The zero-order valence-corrected chi connectivity index (χ0v) is 12.2. The van der Waals surface area contributed by atoms with Gasteiger partial charge in [0.2, 0.25) is 0 Å². The standard InChI is InChI=1S/C15H27NO2/c1-11-10-14(2,3)8-6-12(11)16-9-5-7-15(16,4)13(17)18/h11-12H,5-10H2,1-4H3,(H,17,18). The van der Waals surface area contributed by atoms with E-state index in [1.807, 2.05) is 6.92 Å². The second kappa shape index (κ2) is 4.52. The normalized spacial score (nSPS) is 40.9. The smallest absolute Gasteiger partial charge is 0.323 e. The summed E-state index contributed by atoms with van der Waals surface area (Å²) in [7, 11) is 0. The molecular weight excluding hydrogens is 226 g/mol. The summed E-state index contributed by atoms with van der Waals surface area (Å²) < 4.78 is 0. The lowest BCUT2D eigenvalue weighted by Crippen LogP contribution is -2.56. The zero-order valence-electron chi connectivity index (χ0n) is 12.2. The van der Waals surface area contributed by atoms with Crippen LogP contribution in [-0.4, -0.2) is 34.1 Å². The molecule has 0 aromatic heterocycles. The molecule has 0 bridgehead atoms. The number of aliphatic carboxylic acids is 1. The van der Waals surface area contributed by atoms with Crippen LogP contribution in [0.5, 0.6) is 0 Å². The Kier molecular flexibility index (Phi) is 3.48. The first-order chi connectivity index (χ1) is 8.26. The van der Waals surface area contributed by atoms with E-state index in [9.17, 15) is 9.90 Å². The molecule has 1 saturated heterocycles. The third kappa shape index (κ3) is 2.29. The fourth-order valence-electron chi connectivity index (χ4n) is 4.14. The number of carboxylic acid groups (broad SMARTS) is 1. The van der Waals surface area contributed by atoms with Gasteiger partial charge in [0.15, 0.2) is 0 Å². The third-order valence-corrected chi connectivity index (χ3v) is 5.21. The second-order valence-corrected chi connectivity index (χ2v) is 7.33. The van der Waals surface area contributed by atoms with Crippen LogP contribution in [-0.2, 0) is 4.79 Å². The number of carboxylic acids is 1. The van der Waals surface area contributed by atoms with Gasteiger partial charge in [0.1, 0.15) is 5.54 Å². The Hall–Kier alpha value is -0.570. The van der Waals surface area contributed by atoms with E-state index >= 15 is 0 Å². The van der Waals surface area contributed by atoms with Crippen molar-refractivity contribution < 1.29 is 9.90 Å². The van der Waals surface area contributed by atoms with Crippen molar-refractivity contribution in [3.8, 4) is 0 Å². The molecule has 1 aliphatic carbocycles. The minimum absolute atomic E-state index is 0.426. The Morgan fingerprint density at radius 1 is 1.28 bits per heavy atom. The van der Waals surface area contributed by atoms with Crippen molar-refractivity contribution in [3.63, 3.8) is 0 Å². The van der Waals surface area contributed by atoms with Crippen molar-refractivity contribution >= 4 is 5.97 Å². The molecule has 1 heterocycles. The van der Waals surface area contributed by atoms with Crippen LogP contribution in [0.3, 0.4) is 0 Å². The molecule has 0 spiro atoms. The molecule has 3 unspecified atom stereocenters. The lowest BCUT2D eigenvalue weighted by molar-refractivity contribution is -0.151. The molecule has 3 atom stereocenters. The lowest BCUT2D eigenvalue weighted by Gasteiger charge is -2.47. The van der Waals surface area contributed by atoms with Crippen LogP contribution in [0.4, 0.5) is 0 Å². The predicted molar refractivity (Wildman–Crippen MR) is 72.6 cm³/mol. The van der Waals surface area contributed by atoms with Crippen LogP contribution in [0.1, 0.15) is 59.8 Å². The molecule has 0 radical (unpaired) electrons. The molecule has 1 N–H and O–H groups in total. The molecule has 2 rings (SSSR count). The maximum Gasteiger partial charge on any atom is 0.323 e. The monoisotopic (exact) mass is 253 g/mol. The van der Waals surface area contributed by atoms with Gasteiger partial charge in [-0.25, -0.2) is 0 Å². The highest BCUT2D eigenvalue weighted by molar-refractivity contribution is 5.78. The first kappa shape index (κ1) is 13.9. The fourth-order valence-corrected chi connectivity index (χ4v) is 4.14. The van der Waals surface area contributed by atoms with Gasteiger partial charge in [0.25, 0.3) is 0 Å². The van der Waals surface area contributed by atoms with Crippen LogP contribution in [0, 0.1) is 11.3 Å². The van der Waals surface area contributed by atoms with E-state index in [1.165, 1.54) is 12.8 Å². The van der Waals surface area contributed by atoms with E-state index in [1.54, 1.807) is 0 Å². The highest BCUT2D eigenvalue weighted by Crippen LogP contribution is 2.44. The first-order valence-corrected chi connectivity index (χ1v) is 7.26. The molecule has 104 valence electrons. The molecule has 3 heteroatoms. The molecule has 0 aromatic rings. The highest BCUT2D eigenvalue weighted by Gasteiger charge is 2.49. The summed E-state index contributed by atoms with van der Waals surface area (Å²) in [5, 5.41) is 9.52.